The van der Waals surface area contributed by atoms with Gasteiger partial charge < -0.3 is 20.3 Å². The number of carbonyl (C=O) groups is 1. The van der Waals surface area contributed by atoms with E-state index in [-0.39, 0.29) is 23.5 Å². The van der Waals surface area contributed by atoms with Gasteiger partial charge in [0.05, 0.1) is 6.10 Å². The molecule has 1 aliphatic carbocycles. The van der Waals surface area contributed by atoms with Crippen LogP contribution in [0, 0.1) is 11.3 Å². The molecule has 3 fully saturated rings. The second kappa shape index (κ2) is 6.48. The summed E-state index contributed by atoms with van der Waals surface area (Å²) >= 11 is 0. The molecule has 1 saturated carbocycles. The monoisotopic (exact) mass is 344 g/mol. The molecule has 1 aromatic rings. The van der Waals surface area contributed by atoms with Crippen LogP contribution in [0.5, 0.6) is 0 Å². The van der Waals surface area contributed by atoms with Gasteiger partial charge in [-0.25, -0.2) is 9.78 Å². The van der Waals surface area contributed by atoms with Gasteiger partial charge in [-0.15, -0.1) is 0 Å². The summed E-state index contributed by atoms with van der Waals surface area (Å²) in [6, 6.07) is 6.41. The van der Waals surface area contributed by atoms with E-state index in [2.05, 4.69) is 34.4 Å². The molecule has 0 bridgehead atoms. The summed E-state index contributed by atoms with van der Waals surface area (Å²) < 4.78 is 5.80. The van der Waals surface area contributed by atoms with Crippen LogP contribution in [-0.4, -0.2) is 48.9 Å². The molecule has 2 saturated heterocycles. The number of rotatable bonds is 3. The SMILES string of the molecule is CC1(C)[C@H](NC(=O)NC2CCN(c3ccccn3)CC2)[C@@H]2CCO[C@H]21. The molecule has 3 aliphatic rings. The van der Waals surface area contributed by atoms with E-state index >= 15 is 0 Å². The normalized spacial score (nSPS) is 31.1. The van der Waals surface area contributed by atoms with Crippen molar-refractivity contribution in [1.82, 2.24) is 15.6 Å². The highest BCUT2D eigenvalue weighted by atomic mass is 16.5. The number of nitrogens with one attached hydrogen (secondary N) is 2. The lowest BCUT2D eigenvalue weighted by molar-refractivity contribution is -0.108. The number of ether oxygens (including phenoxy) is 1. The van der Waals surface area contributed by atoms with Crippen LogP contribution in [0.4, 0.5) is 10.6 Å². The van der Waals surface area contributed by atoms with E-state index in [0.29, 0.717) is 12.0 Å². The Hall–Kier alpha value is -1.82. The van der Waals surface area contributed by atoms with Crippen molar-refractivity contribution in [1.29, 1.82) is 0 Å². The topological polar surface area (TPSA) is 66.5 Å². The van der Waals surface area contributed by atoms with Gasteiger partial charge in [0.1, 0.15) is 5.82 Å². The summed E-state index contributed by atoms with van der Waals surface area (Å²) in [6.07, 6.45) is 5.09. The maximum absolute atomic E-state index is 12.5. The van der Waals surface area contributed by atoms with Crippen molar-refractivity contribution in [2.24, 2.45) is 11.3 Å². The van der Waals surface area contributed by atoms with E-state index in [9.17, 15) is 4.79 Å². The van der Waals surface area contributed by atoms with E-state index in [1.54, 1.807) is 0 Å². The minimum atomic E-state index is -0.0280. The molecular formula is C19H28N4O2. The van der Waals surface area contributed by atoms with Gasteiger partial charge in [0, 0.05) is 49.3 Å². The zero-order chi connectivity index (χ0) is 17.4. The van der Waals surface area contributed by atoms with Crippen LogP contribution in [-0.2, 0) is 4.74 Å². The average molecular weight is 344 g/mol. The molecule has 0 aromatic carbocycles. The lowest BCUT2D eigenvalue weighted by Gasteiger charge is -2.54. The van der Waals surface area contributed by atoms with Crippen molar-refractivity contribution in [3.05, 3.63) is 24.4 Å². The van der Waals surface area contributed by atoms with Crippen molar-refractivity contribution >= 4 is 11.8 Å². The molecule has 136 valence electrons. The molecule has 0 spiro atoms. The molecule has 6 heteroatoms. The first-order chi connectivity index (χ1) is 12.1. The van der Waals surface area contributed by atoms with Crippen LogP contribution >= 0.6 is 0 Å². The number of carbonyl (C=O) groups excluding carboxylic acids is 1. The van der Waals surface area contributed by atoms with Crippen molar-refractivity contribution in [3.63, 3.8) is 0 Å². The third kappa shape index (κ3) is 3.08. The molecular weight excluding hydrogens is 316 g/mol. The van der Waals surface area contributed by atoms with Gasteiger partial charge in [-0.3, -0.25) is 0 Å². The molecule has 6 nitrogen and oxygen atoms in total. The summed E-state index contributed by atoms with van der Waals surface area (Å²) in [7, 11) is 0. The summed E-state index contributed by atoms with van der Waals surface area (Å²) in [4.78, 5) is 19.1. The standard InChI is InChI=1S/C19H28N4O2/c1-19(2)16(14-8-12-25-17(14)19)22-18(24)21-13-6-10-23(11-7-13)15-5-3-4-9-20-15/h3-5,9,13-14,16-17H,6-8,10-12H2,1-2H3,(H2,21,22,24)/t14-,16+,17+/m0/s1. The molecule has 0 unspecified atom stereocenters. The number of nitrogens with zero attached hydrogens (tertiary/aromatic N) is 2. The van der Waals surface area contributed by atoms with Gasteiger partial charge in [0.15, 0.2) is 0 Å². The van der Waals surface area contributed by atoms with E-state index in [1.807, 2.05) is 24.4 Å². The van der Waals surface area contributed by atoms with Gasteiger partial charge in [-0.05, 0) is 31.4 Å². The number of anilines is 1. The fourth-order valence-corrected chi connectivity index (χ4v) is 4.78. The average Bonchev–Trinajstić information content (AvgIpc) is 3.08. The zero-order valence-corrected chi connectivity index (χ0v) is 15.1. The molecule has 1 aromatic heterocycles. The Balaban J connectivity index is 1.26. The maximum Gasteiger partial charge on any atom is 0.315 e. The molecule has 3 heterocycles. The smallest absolute Gasteiger partial charge is 0.315 e. The van der Waals surface area contributed by atoms with Crippen molar-refractivity contribution in [3.8, 4) is 0 Å². The number of piperidine rings is 1. The van der Waals surface area contributed by atoms with E-state index < -0.39 is 0 Å². The lowest BCUT2D eigenvalue weighted by Crippen LogP contribution is -2.68. The Bertz CT molecular complexity index is 613. The first-order valence-corrected chi connectivity index (χ1v) is 9.40. The number of pyridine rings is 1. The summed E-state index contributed by atoms with van der Waals surface area (Å²) in [5, 5.41) is 6.38. The predicted octanol–water partition coefficient (Wildman–Crippen LogP) is 2.16. The lowest BCUT2D eigenvalue weighted by atomic mass is 9.57. The van der Waals surface area contributed by atoms with Gasteiger partial charge in [0.25, 0.3) is 0 Å². The molecule has 2 amide bonds. The fraction of sp³-hybridized carbons (Fsp3) is 0.684. The maximum atomic E-state index is 12.5. The van der Waals surface area contributed by atoms with Crippen LogP contribution < -0.4 is 15.5 Å². The van der Waals surface area contributed by atoms with Gasteiger partial charge in [-0.2, -0.15) is 0 Å². The Morgan fingerprint density at radius 2 is 2.04 bits per heavy atom. The number of hydrogen-bond acceptors (Lipinski definition) is 4. The number of urea groups is 1. The minimum absolute atomic E-state index is 0.0280. The van der Waals surface area contributed by atoms with Crippen LogP contribution in [0.2, 0.25) is 0 Å². The third-order valence-corrected chi connectivity index (χ3v) is 6.19. The highest BCUT2D eigenvalue weighted by Gasteiger charge is 2.59. The predicted molar refractivity (Wildman–Crippen MR) is 96.6 cm³/mol. The van der Waals surface area contributed by atoms with E-state index in [0.717, 1.165) is 44.8 Å². The minimum Gasteiger partial charge on any atom is -0.377 e. The molecule has 4 rings (SSSR count). The van der Waals surface area contributed by atoms with Crippen LogP contribution in [0.25, 0.3) is 0 Å². The molecule has 0 radical (unpaired) electrons. The quantitative estimate of drug-likeness (QED) is 0.882. The Morgan fingerprint density at radius 1 is 1.24 bits per heavy atom. The summed E-state index contributed by atoms with van der Waals surface area (Å²) in [5.74, 6) is 1.50. The number of hydrogen-bond donors (Lipinski definition) is 2. The second-order valence-corrected chi connectivity index (χ2v) is 8.11. The Kier molecular flexibility index (Phi) is 4.31. The first kappa shape index (κ1) is 16.6. The van der Waals surface area contributed by atoms with Crippen molar-refractivity contribution in [2.45, 2.75) is 51.3 Å². The summed E-state index contributed by atoms with van der Waals surface area (Å²) in [6.45, 7) is 7.06. The van der Waals surface area contributed by atoms with E-state index in [1.165, 1.54) is 0 Å². The van der Waals surface area contributed by atoms with Crippen LogP contribution in [0.3, 0.4) is 0 Å². The second-order valence-electron chi connectivity index (χ2n) is 8.11. The van der Waals surface area contributed by atoms with Gasteiger partial charge in [0.2, 0.25) is 0 Å². The van der Waals surface area contributed by atoms with Gasteiger partial charge in [-0.1, -0.05) is 19.9 Å². The summed E-state index contributed by atoms with van der Waals surface area (Å²) in [5.41, 5.74) is 0.0286. The Morgan fingerprint density at radius 3 is 2.76 bits per heavy atom. The van der Waals surface area contributed by atoms with Crippen LogP contribution in [0.1, 0.15) is 33.1 Å². The molecule has 25 heavy (non-hydrogen) atoms. The number of aromatic nitrogens is 1. The highest BCUT2D eigenvalue weighted by Crippen LogP contribution is 2.52. The zero-order valence-electron chi connectivity index (χ0n) is 15.1. The number of amides is 2. The first-order valence-electron chi connectivity index (χ1n) is 9.40. The fourth-order valence-electron chi connectivity index (χ4n) is 4.78. The molecule has 2 N–H and O–H groups in total. The van der Waals surface area contributed by atoms with E-state index in [4.69, 9.17) is 4.74 Å². The van der Waals surface area contributed by atoms with Crippen molar-refractivity contribution < 1.29 is 9.53 Å². The van der Waals surface area contributed by atoms with Crippen molar-refractivity contribution in [2.75, 3.05) is 24.6 Å². The third-order valence-electron chi connectivity index (χ3n) is 6.19. The number of fused-ring (bicyclic) bond motifs is 1. The largest absolute Gasteiger partial charge is 0.377 e. The molecule has 3 atom stereocenters. The highest BCUT2D eigenvalue weighted by molar-refractivity contribution is 5.75. The van der Waals surface area contributed by atoms with Gasteiger partial charge >= 0.3 is 6.03 Å². The molecule has 2 aliphatic heterocycles. The van der Waals surface area contributed by atoms with Crippen LogP contribution in [0.15, 0.2) is 24.4 Å². The Labute approximate surface area is 149 Å².